The second kappa shape index (κ2) is 5.46. The van der Waals surface area contributed by atoms with Gasteiger partial charge in [-0.1, -0.05) is 23.7 Å². The van der Waals surface area contributed by atoms with E-state index >= 15 is 0 Å². The average molecular weight is 359 g/mol. The molecule has 0 bridgehead atoms. The predicted molar refractivity (Wildman–Crippen MR) is 94.5 cm³/mol. The van der Waals surface area contributed by atoms with E-state index in [1.807, 2.05) is 12.1 Å². The second-order valence-corrected chi connectivity index (χ2v) is 7.39. The van der Waals surface area contributed by atoms with Gasteiger partial charge in [-0.3, -0.25) is 0 Å². The molecule has 5 heteroatoms. The maximum Gasteiger partial charge on any atom is 0.231 e. The molecule has 130 valence electrons. The van der Waals surface area contributed by atoms with Crippen LogP contribution in [-0.4, -0.2) is 20.0 Å². The highest BCUT2D eigenvalue weighted by Crippen LogP contribution is 2.64. The number of hydrogen-bond acceptors (Lipinski definition) is 4. The Morgan fingerprint density at radius 2 is 1.80 bits per heavy atom. The molecule has 0 saturated heterocycles. The average Bonchev–Trinajstić information content (AvgIpc) is 3.05. The fourth-order valence-electron chi connectivity index (χ4n) is 4.17. The summed E-state index contributed by atoms with van der Waals surface area (Å²) in [5.41, 5.74) is 3.78. The Morgan fingerprint density at radius 1 is 1.04 bits per heavy atom. The standard InChI is InChI=1S/C20H19ClO4/c1-10-7-15-16(14-8-13(14)11-3-5-12(21)6-4-11)18-20(24-9-23-18)19(22-2)17(15)25-10/h3-6,10,13-14H,7-9H2,1-2H3. The van der Waals surface area contributed by atoms with Crippen LogP contribution in [0.1, 0.15) is 41.9 Å². The SMILES string of the molecule is COc1c2c(c(C3CC3c3ccc(Cl)cc3)c3c1OCO3)CC(C)O2. The first-order valence-electron chi connectivity index (χ1n) is 8.61. The molecule has 1 fully saturated rings. The summed E-state index contributed by atoms with van der Waals surface area (Å²) in [6.45, 7) is 2.31. The zero-order valence-corrected chi connectivity index (χ0v) is 14.9. The minimum absolute atomic E-state index is 0.137. The van der Waals surface area contributed by atoms with Crippen LogP contribution in [-0.2, 0) is 6.42 Å². The van der Waals surface area contributed by atoms with Crippen LogP contribution in [0, 0.1) is 0 Å². The van der Waals surface area contributed by atoms with Crippen LogP contribution in [0.5, 0.6) is 23.0 Å². The van der Waals surface area contributed by atoms with Gasteiger partial charge in [0.2, 0.25) is 18.3 Å². The van der Waals surface area contributed by atoms with Crippen molar-refractivity contribution in [2.75, 3.05) is 13.9 Å². The second-order valence-electron chi connectivity index (χ2n) is 6.95. The van der Waals surface area contributed by atoms with Crippen molar-refractivity contribution in [2.24, 2.45) is 0 Å². The third-order valence-corrected chi connectivity index (χ3v) is 5.60. The molecule has 3 aliphatic rings. The molecule has 0 spiro atoms. The lowest BCUT2D eigenvalue weighted by molar-refractivity contribution is 0.169. The van der Waals surface area contributed by atoms with Crippen molar-refractivity contribution in [3.05, 3.63) is 46.0 Å². The van der Waals surface area contributed by atoms with Gasteiger partial charge >= 0.3 is 0 Å². The summed E-state index contributed by atoms with van der Waals surface area (Å²) < 4.78 is 23.2. The number of rotatable bonds is 3. The van der Waals surface area contributed by atoms with Crippen molar-refractivity contribution >= 4 is 11.6 Å². The van der Waals surface area contributed by atoms with E-state index in [-0.39, 0.29) is 12.9 Å². The highest BCUT2D eigenvalue weighted by Gasteiger charge is 2.47. The van der Waals surface area contributed by atoms with Gasteiger partial charge in [0.15, 0.2) is 11.5 Å². The zero-order valence-electron chi connectivity index (χ0n) is 14.2. The van der Waals surface area contributed by atoms with Gasteiger partial charge in [0.1, 0.15) is 6.10 Å². The summed E-state index contributed by atoms with van der Waals surface area (Å²) >= 11 is 6.03. The van der Waals surface area contributed by atoms with E-state index in [0.29, 0.717) is 23.3 Å². The Labute approximate surface area is 151 Å². The molecular weight excluding hydrogens is 340 g/mol. The summed E-state index contributed by atoms with van der Waals surface area (Å²) in [5, 5.41) is 0.770. The fraction of sp³-hybridized carbons (Fsp3) is 0.400. The van der Waals surface area contributed by atoms with Crippen molar-refractivity contribution in [1.82, 2.24) is 0 Å². The monoisotopic (exact) mass is 358 g/mol. The molecule has 2 aromatic rings. The molecule has 0 aromatic heterocycles. The van der Waals surface area contributed by atoms with Crippen LogP contribution in [0.3, 0.4) is 0 Å². The molecule has 2 aromatic carbocycles. The van der Waals surface area contributed by atoms with E-state index in [0.717, 1.165) is 29.4 Å². The van der Waals surface area contributed by atoms with Crippen molar-refractivity contribution in [3.63, 3.8) is 0 Å². The van der Waals surface area contributed by atoms with Gasteiger partial charge in [0.25, 0.3) is 0 Å². The zero-order chi connectivity index (χ0) is 17.1. The first-order valence-corrected chi connectivity index (χ1v) is 8.99. The topological polar surface area (TPSA) is 36.9 Å². The largest absolute Gasteiger partial charge is 0.490 e. The summed E-state index contributed by atoms with van der Waals surface area (Å²) in [4.78, 5) is 0. The normalized spacial score (nSPS) is 25.5. The molecule has 5 rings (SSSR count). The van der Waals surface area contributed by atoms with Crippen molar-refractivity contribution in [1.29, 1.82) is 0 Å². The molecule has 0 N–H and O–H groups in total. The molecule has 3 unspecified atom stereocenters. The number of ether oxygens (including phenoxy) is 4. The third-order valence-electron chi connectivity index (χ3n) is 5.34. The number of halogens is 1. The van der Waals surface area contributed by atoms with Crippen LogP contribution in [0.2, 0.25) is 5.02 Å². The molecule has 4 nitrogen and oxygen atoms in total. The van der Waals surface area contributed by atoms with Crippen LogP contribution in [0.15, 0.2) is 24.3 Å². The number of benzene rings is 2. The maximum absolute atomic E-state index is 6.05. The van der Waals surface area contributed by atoms with E-state index in [1.165, 1.54) is 16.7 Å². The minimum Gasteiger partial charge on any atom is -0.490 e. The van der Waals surface area contributed by atoms with Gasteiger partial charge < -0.3 is 18.9 Å². The van der Waals surface area contributed by atoms with E-state index in [4.69, 9.17) is 30.5 Å². The molecule has 2 heterocycles. The predicted octanol–water partition coefficient (Wildman–Crippen LogP) is 4.67. The minimum atomic E-state index is 0.137. The maximum atomic E-state index is 6.05. The number of methoxy groups -OCH3 is 1. The first-order chi connectivity index (χ1) is 12.2. The van der Waals surface area contributed by atoms with Crippen molar-refractivity contribution in [2.45, 2.75) is 37.7 Å². The molecule has 0 radical (unpaired) electrons. The van der Waals surface area contributed by atoms with Crippen LogP contribution >= 0.6 is 11.6 Å². The van der Waals surface area contributed by atoms with Gasteiger partial charge in [0, 0.05) is 22.6 Å². The lowest BCUT2D eigenvalue weighted by Gasteiger charge is -2.15. The van der Waals surface area contributed by atoms with E-state index in [1.54, 1.807) is 7.11 Å². The Balaban J connectivity index is 1.60. The lowest BCUT2D eigenvalue weighted by atomic mass is 9.95. The van der Waals surface area contributed by atoms with E-state index in [2.05, 4.69) is 19.1 Å². The molecule has 0 amide bonds. The van der Waals surface area contributed by atoms with Gasteiger partial charge in [0.05, 0.1) is 7.11 Å². The number of hydrogen-bond donors (Lipinski definition) is 0. The van der Waals surface area contributed by atoms with E-state index < -0.39 is 0 Å². The van der Waals surface area contributed by atoms with Crippen molar-refractivity contribution in [3.8, 4) is 23.0 Å². The Kier molecular flexibility index (Phi) is 3.32. The summed E-state index contributed by atoms with van der Waals surface area (Å²) in [7, 11) is 1.65. The highest BCUT2D eigenvalue weighted by atomic mass is 35.5. The Morgan fingerprint density at radius 3 is 2.56 bits per heavy atom. The molecule has 3 atom stereocenters. The van der Waals surface area contributed by atoms with E-state index in [9.17, 15) is 0 Å². The van der Waals surface area contributed by atoms with Gasteiger partial charge in [-0.25, -0.2) is 0 Å². The lowest BCUT2D eigenvalue weighted by Crippen LogP contribution is -2.06. The van der Waals surface area contributed by atoms with Crippen molar-refractivity contribution < 1.29 is 18.9 Å². The summed E-state index contributed by atoms with van der Waals surface area (Å²) in [6.07, 6.45) is 2.12. The molecular formula is C20H19ClO4. The van der Waals surface area contributed by atoms with Crippen LogP contribution in [0.4, 0.5) is 0 Å². The highest BCUT2D eigenvalue weighted by molar-refractivity contribution is 6.30. The summed E-state index contributed by atoms with van der Waals surface area (Å²) in [5.74, 6) is 3.93. The molecule has 1 saturated carbocycles. The van der Waals surface area contributed by atoms with Gasteiger partial charge in [-0.15, -0.1) is 0 Å². The van der Waals surface area contributed by atoms with Gasteiger partial charge in [-0.2, -0.15) is 0 Å². The fourth-order valence-corrected chi connectivity index (χ4v) is 4.30. The third kappa shape index (κ3) is 2.27. The molecule has 2 aliphatic heterocycles. The smallest absolute Gasteiger partial charge is 0.231 e. The Bertz CT molecular complexity index is 846. The summed E-state index contributed by atoms with van der Waals surface area (Å²) in [6, 6.07) is 8.15. The van der Waals surface area contributed by atoms with Crippen LogP contribution in [0.25, 0.3) is 0 Å². The first kappa shape index (κ1) is 15.2. The Hall–Kier alpha value is -2.07. The molecule has 1 aliphatic carbocycles. The quantitative estimate of drug-likeness (QED) is 0.798. The number of fused-ring (bicyclic) bond motifs is 2. The van der Waals surface area contributed by atoms with Crippen LogP contribution < -0.4 is 18.9 Å². The van der Waals surface area contributed by atoms with Gasteiger partial charge in [-0.05, 0) is 42.9 Å². The molecule has 25 heavy (non-hydrogen) atoms.